The second kappa shape index (κ2) is 3.41. The van der Waals surface area contributed by atoms with Crippen molar-refractivity contribution in [2.75, 3.05) is 20.7 Å². The van der Waals surface area contributed by atoms with Crippen LogP contribution in [-0.4, -0.2) is 48.8 Å². The fourth-order valence-electron chi connectivity index (χ4n) is 1.55. The molecule has 0 aliphatic carbocycles. The summed E-state index contributed by atoms with van der Waals surface area (Å²) >= 11 is 0. The van der Waals surface area contributed by atoms with Gasteiger partial charge in [0.1, 0.15) is 0 Å². The largest absolute Gasteiger partial charge is 0.348 e. The van der Waals surface area contributed by atoms with Crippen molar-refractivity contribution in [1.82, 2.24) is 9.80 Å². The van der Waals surface area contributed by atoms with Gasteiger partial charge in [-0.25, -0.2) is 0 Å². The zero-order valence-electron chi connectivity index (χ0n) is 8.07. The minimum Gasteiger partial charge on any atom is -0.348 e. The molecule has 0 bridgehead atoms. The Morgan fingerprint density at radius 3 is 2.50 bits per heavy atom. The van der Waals surface area contributed by atoms with Crippen molar-refractivity contribution in [1.29, 1.82) is 0 Å². The lowest BCUT2D eigenvalue weighted by molar-refractivity contribution is -0.141. The van der Waals surface area contributed by atoms with E-state index in [0.29, 0.717) is 6.54 Å². The van der Waals surface area contributed by atoms with Gasteiger partial charge in [-0.2, -0.15) is 0 Å². The maximum absolute atomic E-state index is 11.4. The van der Waals surface area contributed by atoms with Crippen LogP contribution >= 0.6 is 0 Å². The molecule has 12 heavy (non-hydrogen) atoms. The van der Waals surface area contributed by atoms with E-state index in [9.17, 15) is 4.79 Å². The van der Waals surface area contributed by atoms with Crippen LogP contribution in [-0.2, 0) is 9.53 Å². The first-order valence-corrected chi connectivity index (χ1v) is 4.12. The summed E-state index contributed by atoms with van der Waals surface area (Å²) in [6.45, 7) is 4.43. The molecule has 1 aliphatic rings. The number of hydrogen-bond acceptors (Lipinski definition) is 3. The molecule has 0 spiro atoms. The predicted molar refractivity (Wildman–Crippen MR) is 45.4 cm³/mol. The first-order chi connectivity index (χ1) is 5.57. The number of carbonyl (C=O) groups is 1. The topological polar surface area (TPSA) is 32.8 Å². The molecule has 0 aromatic carbocycles. The van der Waals surface area contributed by atoms with Crippen molar-refractivity contribution in [2.45, 2.75) is 26.2 Å². The van der Waals surface area contributed by atoms with Crippen LogP contribution in [0.4, 0.5) is 0 Å². The minimum absolute atomic E-state index is 0.138. The van der Waals surface area contributed by atoms with E-state index < -0.39 is 0 Å². The Labute approximate surface area is 73.1 Å². The van der Waals surface area contributed by atoms with Crippen LogP contribution in [0.1, 0.15) is 13.8 Å². The number of likely N-dealkylation sites (N-methyl/N-ethyl adjacent to an activating group) is 1. The molecule has 0 N–H and O–H groups in total. The molecule has 1 fully saturated rings. The van der Waals surface area contributed by atoms with Gasteiger partial charge in [0.05, 0.1) is 6.54 Å². The molecule has 1 atom stereocenters. The molecular formula is C8H16N2O2. The van der Waals surface area contributed by atoms with Crippen LogP contribution in [0.3, 0.4) is 0 Å². The number of nitrogens with zero attached hydrogens (tertiary/aromatic N) is 2. The Kier molecular flexibility index (Phi) is 2.69. The highest BCUT2D eigenvalue weighted by atomic mass is 16.5. The molecule has 4 nitrogen and oxygen atoms in total. The van der Waals surface area contributed by atoms with Gasteiger partial charge in [0.25, 0.3) is 0 Å². The zero-order chi connectivity index (χ0) is 9.30. The van der Waals surface area contributed by atoms with E-state index in [-0.39, 0.29) is 18.3 Å². The van der Waals surface area contributed by atoms with Gasteiger partial charge >= 0.3 is 0 Å². The third kappa shape index (κ3) is 1.44. The molecule has 0 radical (unpaired) electrons. The molecule has 1 unspecified atom stereocenters. The Morgan fingerprint density at radius 1 is 1.58 bits per heavy atom. The lowest BCUT2D eigenvalue weighted by Crippen LogP contribution is -2.43. The fraction of sp³-hybridized carbons (Fsp3) is 0.875. The molecule has 1 amide bonds. The van der Waals surface area contributed by atoms with Crippen molar-refractivity contribution in [3.8, 4) is 0 Å². The third-order valence-electron chi connectivity index (χ3n) is 2.05. The van der Waals surface area contributed by atoms with Gasteiger partial charge in [0, 0.05) is 13.2 Å². The van der Waals surface area contributed by atoms with Gasteiger partial charge in [-0.05, 0) is 20.9 Å². The second-order valence-corrected chi connectivity index (χ2v) is 3.37. The molecule has 0 aromatic rings. The Morgan fingerprint density at radius 2 is 2.17 bits per heavy atom. The molecule has 1 heterocycles. The maximum atomic E-state index is 11.4. The van der Waals surface area contributed by atoms with E-state index >= 15 is 0 Å². The van der Waals surface area contributed by atoms with Crippen molar-refractivity contribution in [3.63, 3.8) is 0 Å². The fourth-order valence-corrected chi connectivity index (χ4v) is 1.55. The molecule has 4 heteroatoms. The van der Waals surface area contributed by atoms with Gasteiger partial charge in [0.15, 0.2) is 6.35 Å². The highest BCUT2D eigenvalue weighted by Gasteiger charge is 2.36. The van der Waals surface area contributed by atoms with E-state index in [0.717, 1.165) is 0 Å². The normalized spacial score (nSPS) is 25.9. The number of ether oxygens (including phenoxy) is 1. The number of amides is 1. The number of methoxy groups -OCH3 is 1. The monoisotopic (exact) mass is 172 g/mol. The van der Waals surface area contributed by atoms with Crippen molar-refractivity contribution in [2.24, 2.45) is 0 Å². The summed E-state index contributed by atoms with van der Waals surface area (Å²) in [4.78, 5) is 15.0. The van der Waals surface area contributed by atoms with Gasteiger partial charge in [-0.1, -0.05) is 0 Å². The Balaban J connectivity index is 2.75. The Hall–Kier alpha value is -0.610. The standard InChI is InChI=1S/C8H16N2O2/c1-6(2)10-7(11)5-9(3)8(10)12-4/h6,8H,5H2,1-4H3. The quantitative estimate of drug-likeness (QED) is 0.592. The van der Waals surface area contributed by atoms with Crippen molar-refractivity contribution in [3.05, 3.63) is 0 Å². The van der Waals surface area contributed by atoms with Crippen LogP contribution in [0, 0.1) is 0 Å². The zero-order valence-corrected chi connectivity index (χ0v) is 8.07. The first kappa shape index (κ1) is 9.48. The molecular weight excluding hydrogens is 156 g/mol. The van der Waals surface area contributed by atoms with Gasteiger partial charge in [-0.3, -0.25) is 9.69 Å². The van der Waals surface area contributed by atoms with E-state index in [2.05, 4.69) is 0 Å². The highest BCUT2D eigenvalue weighted by molar-refractivity contribution is 5.80. The van der Waals surface area contributed by atoms with Crippen LogP contribution in [0.15, 0.2) is 0 Å². The van der Waals surface area contributed by atoms with E-state index in [1.807, 2.05) is 25.8 Å². The first-order valence-electron chi connectivity index (χ1n) is 4.12. The molecule has 0 aromatic heterocycles. The van der Waals surface area contributed by atoms with Crippen molar-refractivity contribution >= 4 is 5.91 Å². The minimum atomic E-state index is -0.183. The summed E-state index contributed by atoms with van der Waals surface area (Å²) in [5.41, 5.74) is 0. The highest BCUT2D eigenvalue weighted by Crippen LogP contribution is 2.16. The number of hydrogen-bond donors (Lipinski definition) is 0. The van der Waals surface area contributed by atoms with E-state index in [1.54, 1.807) is 12.0 Å². The summed E-state index contributed by atoms with van der Waals surface area (Å²) in [5, 5.41) is 0. The lowest BCUT2D eigenvalue weighted by atomic mass is 10.3. The molecule has 1 aliphatic heterocycles. The van der Waals surface area contributed by atoms with Gasteiger partial charge in [0.2, 0.25) is 5.91 Å². The summed E-state index contributed by atoms with van der Waals surface area (Å²) in [6.07, 6.45) is -0.183. The average Bonchev–Trinajstić information content (AvgIpc) is 2.24. The molecule has 1 rings (SSSR count). The SMILES string of the molecule is COC1N(C)CC(=O)N1C(C)C. The smallest absolute Gasteiger partial charge is 0.240 e. The van der Waals surface area contributed by atoms with Crippen molar-refractivity contribution < 1.29 is 9.53 Å². The summed E-state index contributed by atoms with van der Waals surface area (Å²) < 4.78 is 5.20. The summed E-state index contributed by atoms with van der Waals surface area (Å²) in [6, 6.07) is 0.201. The lowest BCUT2D eigenvalue weighted by Gasteiger charge is -2.29. The van der Waals surface area contributed by atoms with Crippen LogP contribution in [0.5, 0.6) is 0 Å². The summed E-state index contributed by atoms with van der Waals surface area (Å²) in [5.74, 6) is 0.138. The van der Waals surface area contributed by atoms with Crippen LogP contribution < -0.4 is 0 Å². The van der Waals surface area contributed by atoms with E-state index in [1.165, 1.54) is 0 Å². The maximum Gasteiger partial charge on any atom is 0.240 e. The molecule has 70 valence electrons. The number of rotatable bonds is 2. The van der Waals surface area contributed by atoms with Crippen LogP contribution in [0.25, 0.3) is 0 Å². The summed E-state index contributed by atoms with van der Waals surface area (Å²) in [7, 11) is 3.50. The van der Waals surface area contributed by atoms with Gasteiger partial charge < -0.3 is 9.64 Å². The molecule has 1 saturated heterocycles. The number of carbonyl (C=O) groups excluding carboxylic acids is 1. The van der Waals surface area contributed by atoms with Crippen LogP contribution in [0.2, 0.25) is 0 Å². The average molecular weight is 172 g/mol. The van der Waals surface area contributed by atoms with E-state index in [4.69, 9.17) is 4.74 Å². The van der Waals surface area contributed by atoms with Gasteiger partial charge in [-0.15, -0.1) is 0 Å². The predicted octanol–water partition coefficient (Wildman–Crippen LogP) is 0.0988. The third-order valence-corrected chi connectivity index (χ3v) is 2.05. The molecule has 0 saturated carbocycles. The Bertz CT molecular complexity index is 182. The second-order valence-electron chi connectivity index (χ2n) is 3.37.